The van der Waals surface area contributed by atoms with E-state index in [0.29, 0.717) is 23.4 Å². The van der Waals surface area contributed by atoms with Crippen molar-refractivity contribution >= 4 is 22.8 Å². The molecule has 0 N–H and O–H groups in total. The molecule has 1 saturated heterocycles. The molecular weight excluding hydrogens is 324 g/mol. The zero-order valence-electron chi connectivity index (χ0n) is 13.2. The van der Waals surface area contributed by atoms with E-state index in [4.69, 9.17) is 4.74 Å². The molecule has 4 rings (SSSR count). The molecule has 1 fully saturated rings. The van der Waals surface area contributed by atoms with Crippen LogP contribution in [0.3, 0.4) is 0 Å². The Bertz CT molecular complexity index is 878. The zero-order chi connectivity index (χ0) is 16.4. The van der Waals surface area contributed by atoms with Gasteiger partial charge in [-0.1, -0.05) is 17.4 Å². The van der Waals surface area contributed by atoms with E-state index in [-0.39, 0.29) is 5.56 Å². The lowest BCUT2D eigenvalue weighted by Gasteiger charge is -2.33. The van der Waals surface area contributed by atoms with E-state index < -0.39 is 0 Å². The van der Waals surface area contributed by atoms with Crippen LogP contribution in [0.2, 0.25) is 0 Å². The van der Waals surface area contributed by atoms with E-state index in [2.05, 4.69) is 14.9 Å². The SMILES string of the molecule is O=c1cc(N2CCCC(COc3nccs3)C2)nc2ccccn12. The monoisotopic (exact) mass is 342 g/mol. The third-order valence-electron chi connectivity index (χ3n) is 4.25. The van der Waals surface area contributed by atoms with Crippen LogP contribution in [0.25, 0.3) is 5.65 Å². The van der Waals surface area contributed by atoms with E-state index >= 15 is 0 Å². The fourth-order valence-corrected chi connectivity index (χ4v) is 3.58. The summed E-state index contributed by atoms with van der Waals surface area (Å²) in [5, 5.41) is 2.63. The van der Waals surface area contributed by atoms with Gasteiger partial charge >= 0.3 is 0 Å². The second-order valence-electron chi connectivity index (χ2n) is 5.94. The summed E-state index contributed by atoms with van der Waals surface area (Å²) in [5.74, 6) is 1.17. The van der Waals surface area contributed by atoms with E-state index in [9.17, 15) is 4.79 Å². The van der Waals surface area contributed by atoms with Gasteiger partial charge in [0.1, 0.15) is 11.5 Å². The lowest BCUT2D eigenvalue weighted by molar-refractivity contribution is 0.228. The minimum absolute atomic E-state index is 0.0447. The highest BCUT2D eigenvalue weighted by Gasteiger charge is 2.22. The summed E-state index contributed by atoms with van der Waals surface area (Å²) in [4.78, 5) is 23.2. The number of anilines is 1. The van der Waals surface area contributed by atoms with Crippen LogP contribution in [0.15, 0.2) is 46.8 Å². The maximum atomic E-state index is 12.3. The van der Waals surface area contributed by atoms with Crippen molar-refractivity contribution in [1.29, 1.82) is 0 Å². The molecule has 7 heteroatoms. The van der Waals surface area contributed by atoms with Crippen LogP contribution in [0.4, 0.5) is 5.82 Å². The Hall–Kier alpha value is -2.41. The Kier molecular flexibility index (Phi) is 4.17. The first kappa shape index (κ1) is 15.1. The third kappa shape index (κ3) is 3.12. The lowest BCUT2D eigenvalue weighted by atomic mass is 9.99. The number of piperidine rings is 1. The Morgan fingerprint density at radius 3 is 3.21 bits per heavy atom. The largest absolute Gasteiger partial charge is 0.470 e. The smallest absolute Gasteiger partial charge is 0.273 e. The van der Waals surface area contributed by atoms with Gasteiger partial charge in [0, 0.05) is 42.8 Å². The first-order valence-corrected chi connectivity index (χ1v) is 8.93. The minimum Gasteiger partial charge on any atom is -0.470 e. The molecule has 0 spiro atoms. The highest BCUT2D eigenvalue weighted by atomic mass is 32.1. The number of rotatable bonds is 4. The molecule has 0 aromatic carbocycles. The van der Waals surface area contributed by atoms with Crippen molar-refractivity contribution in [2.75, 3.05) is 24.6 Å². The highest BCUT2D eigenvalue weighted by Crippen LogP contribution is 2.23. The van der Waals surface area contributed by atoms with Crippen molar-refractivity contribution in [2.24, 2.45) is 5.92 Å². The summed E-state index contributed by atoms with van der Waals surface area (Å²) in [5.41, 5.74) is 0.637. The Morgan fingerprint density at radius 2 is 2.33 bits per heavy atom. The third-order valence-corrected chi connectivity index (χ3v) is 4.94. The molecule has 1 unspecified atom stereocenters. The van der Waals surface area contributed by atoms with E-state index in [1.165, 1.54) is 11.3 Å². The van der Waals surface area contributed by atoms with Gasteiger partial charge in [-0.2, -0.15) is 0 Å². The molecule has 3 aromatic rings. The van der Waals surface area contributed by atoms with Crippen LogP contribution in [0.1, 0.15) is 12.8 Å². The maximum Gasteiger partial charge on any atom is 0.273 e. The van der Waals surface area contributed by atoms with Gasteiger partial charge in [0.2, 0.25) is 0 Å². The number of ether oxygens (including phenoxy) is 1. The number of hydrogen-bond donors (Lipinski definition) is 0. The van der Waals surface area contributed by atoms with Crippen molar-refractivity contribution in [2.45, 2.75) is 12.8 Å². The summed E-state index contributed by atoms with van der Waals surface area (Å²) in [6.45, 7) is 2.42. The molecule has 4 heterocycles. The number of pyridine rings is 1. The van der Waals surface area contributed by atoms with Crippen LogP contribution >= 0.6 is 11.3 Å². The maximum absolute atomic E-state index is 12.3. The summed E-state index contributed by atoms with van der Waals surface area (Å²) in [6.07, 6.45) is 5.69. The Labute approximate surface area is 143 Å². The number of thiazole rings is 1. The van der Waals surface area contributed by atoms with Crippen LogP contribution < -0.4 is 15.2 Å². The van der Waals surface area contributed by atoms with Gasteiger partial charge in [-0.3, -0.25) is 9.20 Å². The molecule has 3 aromatic heterocycles. The first-order chi connectivity index (χ1) is 11.8. The van der Waals surface area contributed by atoms with Crippen molar-refractivity contribution in [3.63, 3.8) is 0 Å². The quantitative estimate of drug-likeness (QED) is 0.729. The molecule has 0 aliphatic carbocycles. The van der Waals surface area contributed by atoms with Crippen LogP contribution in [-0.4, -0.2) is 34.1 Å². The fourth-order valence-electron chi connectivity index (χ4n) is 3.08. The first-order valence-electron chi connectivity index (χ1n) is 8.05. The van der Waals surface area contributed by atoms with Crippen molar-refractivity contribution in [3.8, 4) is 5.19 Å². The van der Waals surface area contributed by atoms with E-state index in [0.717, 1.165) is 31.7 Å². The van der Waals surface area contributed by atoms with E-state index in [1.54, 1.807) is 22.9 Å². The van der Waals surface area contributed by atoms with Gasteiger partial charge in [0.15, 0.2) is 0 Å². The summed E-state index contributed by atoms with van der Waals surface area (Å²) >= 11 is 1.51. The molecule has 1 atom stereocenters. The molecule has 1 aliphatic rings. The van der Waals surface area contributed by atoms with Gasteiger partial charge < -0.3 is 9.64 Å². The normalized spacial score (nSPS) is 18.0. The number of hydrogen-bond acceptors (Lipinski definition) is 6. The molecule has 124 valence electrons. The van der Waals surface area contributed by atoms with Crippen molar-refractivity contribution < 1.29 is 4.74 Å². The number of nitrogens with zero attached hydrogens (tertiary/aromatic N) is 4. The second kappa shape index (κ2) is 6.60. The standard InChI is InChI=1S/C17H18N4O2S/c22-16-10-15(19-14-5-1-2-8-21(14)16)20-7-3-4-13(11-20)12-23-17-18-6-9-24-17/h1-2,5-6,8-10,13H,3-4,7,11-12H2. The number of aromatic nitrogens is 3. The molecular formula is C17H18N4O2S. The van der Waals surface area contributed by atoms with Crippen LogP contribution in [0.5, 0.6) is 5.19 Å². The Balaban J connectivity index is 1.50. The molecule has 24 heavy (non-hydrogen) atoms. The van der Waals surface area contributed by atoms with Gasteiger partial charge in [-0.05, 0) is 25.0 Å². The summed E-state index contributed by atoms with van der Waals surface area (Å²) in [7, 11) is 0. The minimum atomic E-state index is -0.0447. The summed E-state index contributed by atoms with van der Waals surface area (Å²) in [6, 6.07) is 7.21. The molecule has 0 radical (unpaired) electrons. The topological polar surface area (TPSA) is 59.7 Å². The second-order valence-corrected chi connectivity index (χ2v) is 6.80. The predicted octanol–water partition coefficient (Wildman–Crippen LogP) is 2.45. The fraction of sp³-hybridized carbons (Fsp3) is 0.353. The van der Waals surface area contributed by atoms with Gasteiger partial charge in [-0.15, -0.1) is 0 Å². The predicted molar refractivity (Wildman–Crippen MR) is 94.0 cm³/mol. The van der Waals surface area contributed by atoms with Crippen LogP contribution in [-0.2, 0) is 0 Å². The molecule has 0 amide bonds. The van der Waals surface area contributed by atoms with Crippen molar-refractivity contribution in [1.82, 2.24) is 14.4 Å². The molecule has 6 nitrogen and oxygen atoms in total. The average molecular weight is 342 g/mol. The van der Waals surface area contributed by atoms with Gasteiger partial charge in [-0.25, -0.2) is 9.97 Å². The molecule has 0 saturated carbocycles. The van der Waals surface area contributed by atoms with Crippen LogP contribution in [0, 0.1) is 5.92 Å². The zero-order valence-corrected chi connectivity index (χ0v) is 14.0. The highest BCUT2D eigenvalue weighted by molar-refractivity contribution is 7.11. The Morgan fingerprint density at radius 1 is 1.38 bits per heavy atom. The molecule has 0 bridgehead atoms. The van der Waals surface area contributed by atoms with Gasteiger partial charge in [0.25, 0.3) is 10.8 Å². The average Bonchev–Trinajstić information content (AvgIpc) is 3.14. The number of fused-ring (bicyclic) bond motifs is 1. The molecule has 1 aliphatic heterocycles. The summed E-state index contributed by atoms with van der Waals surface area (Å²) < 4.78 is 7.32. The van der Waals surface area contributed by atoms with E-state index in [1.807, 2.05) is 23.6 Å². The van der Waals surface area contributed by atoms with Gasteiger partial charge in [0.05, 0.1) is 6.61 Å². The van der Waals surface area contributed by atoms with Crippen molar-refractivity contribution in [3.05, 3.63) is 52.4 Å². The lowest BCUT2D eigenvalue weighted by Crippen LogP contribution is -2.39.